The standard InChI is InChI=1S/C12H17FN2O2S/c1-8(15-18(16)12(2,3)4)10-6-9(13)7-14-11(10)17-5/h6-7H,1-5H3/b15-8+/t18-/m1/s1. The molecule has 0 spiro atoms. The van der Waals surface area contributed by atoms with Crippen LogP contribution in [0, 0.1) is 5.82 Å². The Hall–Kier alpha value is -1.30. The SMILES string of the molecule is COc1ncc(F)cc1/C(C)=N/[S@](=O)C(C)(C)C. The van der Waals surface area contributed by atoms with Crippen molar-refractivity contribution in [1.82, 2.24) is 4.98 Å². The maximum absolute atomic E-state index is 13.2. The van der Waals surface area contributed by atoms with E-state index in [0.29, 0.717) is 11.3 Å². The van der Waals surface area contributed by atoms with Crippen LogP contribution in [0.3, 0.4) is 0 Å². The minimum absolute atomic E-state index is 0.267. The average Bonchev–Trinajstić information content (AvgIpc) is 2.27. The molecule has 1 atom stereocenters. The Bertz CT molecular complexity index is 495. The van der Waals surface area contributed by atoms with E-state index in [2.05, 4.69) is 9.38 Å². The first-order valence-electron chi connectivity index (χ1n) is 5.43. The van der Waals surface area contributed by atoms with Crippen molar-refractivity contribution in [3.05, 3.63) is 23.6 Å². The monoisotopic (exact) mass is 272 g/mol. The molecule has 0 fully saturated rings. The van der Waals surface area contributed by atoms with Crippen molar-refractivity contribution in [3.63, 3.8) is 0 Å². The summed E-state index contributed by atoms with van der Waals surface area (Å²) in [6.07, 6.45) is 1.07. The van der Waals surface area contributed by atoms with Crippen molar-refractivity contribution in [2.45, 2.75) is 32.4 Å². The zero-order chi connectivity index (χ0) is 13.9. The van der Waals surface area contributed by atoms with E-state index in [9.17, 15) is 8.60 Å². The highest BCUT2D eigenvalue weighted by atomic mass is 32.2. The van der Waals surface area contributed by atoms with E-state index in [0.717, 1.165) is 6.20 Å². The minimum atomic E-state index is -1.40. The molecule has 0 aliphatic carbocycles. The van der Waals surface area contributed by atoms with Gasteiger partial charge in [-0.05, 0) is 33.8 Å². The number of halogens is 1. The number of rotatable bonds is 3. The van der Waals surface area contributed by atoms with E-state index in [-0.39, 0.29) is 5.88 Å². The second kappa shape index (κ2) is 5.56. The highest BCUT2D eigenvalue weighted by molar-refractivity contribution is 7.85. The zero-order valence-electron chi connectivity index (χ0n) is 11.2. The number of hydrogen-bond acceptors (Lipinski definition) is 3. The molecule has 0 amide bonds. The van der Waals surface area contributed by atoms with Crippen molar-refractivity contribution < 1.29 is 13.3 Å². The van der Waals surface area contributed by atoms with Gasteiger partial charge >= 0.3 is 0 Å². The van der Waals surface area contributed by atoms with Crippen LogP contribution in [-0.4, -0.2) is 26.8 Å². The van der Waals surface area contributed by atoms with Crippen LogP contribution in [0.25, 0.3) is 0 Å². The molecule has 0 N–H and O–H groups in total. The van der Waals surface area contributed by atoms with Gasteiger partial charge in [-0.1, -0.05) is 0 Å². The Morgan fingerprint density at radius 2 is 2.11 bits per heavy atom. The molecular weight excluding hydrogens is 255 g/mol. The Labute approximate surface area is 109 Å². The summed E-state index contributed by atoms with van der Waals surface area (Å²) in [5.74, 6) is -0.217. The number of hydrogen-bond donors (Lipinski definition) is 0. The largest absolute Gasteiger partial charge is 0.481 e. The molecular formula is C12H17FN2O2S. The molecule has 0 aromatic carbocycles. The summed E-state index contributed by atoms with van der Waals surface area (Å²) < 4.78 is 33.7. The maximum Gasteiger partial charge on any atom is 0.222 e. The van der Waals surface area contributed by atoms with Crippen LogP contribution in [0.4, 0.5) is 4.39 Å². The molecule has 1 rings (SSSR count). The van der Waals surface area contributed by atoms with Gasteiger partial charge in [-0.2, -0.15) is 4.40 Å². The van der Waals surface area contributed by atoms with Crippen LogP contribution in [0.1, 0.15) is 33.3 Å². The fourth-order valence-corrected chi connectivity index (χ4v) is 1.78. The van der Waals surface area contributed by atoms with Crippen LogP contribution in [0.5, 0.6) is 5.88 Å². The van der Waals surface area contributed by atoms with Gasteiger partial charge in [-0.3, -0.25) is 0 Å². The first-order chi connectivity index (χ1) is 8.25. The molecule has 0 aliphatic heterocycles. The third kappa shape index (κ3) is 3.60. The van der Waals surface area contributed by atoms with Gasteiger partial charge in [-0.25, -0.2) is 13.6 Å². The third-order valence-electron chi connectivity index (χ3n) is 2.14. The molecule has 0 saturated carbocycles. The predicted molar refractivity (Wildman–Crippen MR) is 70.9 cm³/mol. The normalized spacial score (nSPS) is 14.4. The molecule has 0 saturated heterocycles. The Morgan fingerprint density at radius 3 is 2.61 bits per heavy atom. The second-order valence-corrected chi connectivity index (χ2v) is 6.65. The van der Waals surface area contributed by atoms with Gasteiger partial charge in [-0.15, -0.1) is 0 Å². The Morgan fingerprint density at radius 1 is 1.50 bits per heavy atom. The number of methoxy groups -OCH3 is 1. The fraction of sp³-hybridized carbons (Fsp3) is 0.500. The summed E-state index contributed by atoms with van der Waals surface area (Å²) in [6, 6.07) is 1.27. The van der Waals surface area contributed by atoms with E-state index in [4.69, 9.17) is 4.74 Å². The van der Waals surface area contributed by atoms with Crippen molar-refractivity contribution >= 4 is 16.7 Å². The Balaban J connectivity index is 3.18. The number of nitrogens with zero attached hydrogens (tertiary/aromatic N) is 2. The lowest BCUT2D eigenvalue weighted by Crippen LogP contribution is -2.20. The summed E-state index contributed by atoms with van der Waals surface area (Å²) in [4.78, 5) is 3.81. The van der Waals surface area contributed by atoms with E-state index < -0.39 is 21.5 Å². The summed E-state index contributed by atoms with van der Waals surface area (Å²) >= 11 is 0. The van der Waals surface area contributed by atoms with Crippen LogP contribution in [-0.2, 0) is 11.0 Å². The van der Waals surface area contributed by atoms with Crippen molar-refractivity contribution in [1.29, 1.82) is 0 Å². The molecule has 18 heavy (non-hydrogen) atoms. The first kappa shape index (κ1) is 14.8. The van der Waals surface area contributed by atoms with Crippen molar-refractivity contribution in [2.24, 2.45) is 4.40 Å². The zero-order valence-corrected chi connectivity index (χ0v) is 12.0. The average molecular weight is 272 g/mol. The van der Waals surface area contributed by atoms with E-state index in [1.54, 1.807) is 6.92 Å². The predicted octanol–water partition coefficient (Wildman–Crippen LogP) is 2.50. The minimum Gasteiger partial charge on any atom is -0.481 e. The quantitative estimate of drug-likeness (QED) is 0.794. The van der Waals surface area contributed by atoms with E-state index in [1.165, 1.54) is 13.2 Å². The van der Waals surface area contributed by atoms with Crippen LogP contribution in [0.2, 0.25) is 0 Å². The number of aromatic nitrogens is 1. The van der Waals surface area contributed by atoms with Crippen molar-refractivity contribution in [3.8, 4) is 5.88 Å². The van der Waals surface area contributed by atoms with Gasteiger partial charge in [0.15, 0.2) is 0 Å². The lowest BCUT2D eigenvalue weighted by atomic mass is 10.2. The lowest BCUT2D eigenvalue weighted by Gasteiger charge is -2.14. The molecule has 0 aliphatic rings. The van der Waals surface area contributed by atoms with Gasteiger partial charge < -0.3 is 4.74 Å². The molecule has 0 radical (unpaired) electrons. The summed E-state index contributed by atoms with van der Waals surface area (Å²) in [6.45, 7) is 7.12. The lowest BCUT2D eigenvalue weighted by molar-refractivity contribution is 0.395. The number of pyridine rings is 1. The molecule has 0 unspecified atom stereocenters. The fourth-order valence-electron chi connectivity index (χ4n) is 1.16. The van der Waals surface area contributed by atoms with Gasteiger partial charge in [0.25, 0.3) is 0 Å². The highest BCUT2D eigenvalue weighted by Gasteiger charge is 2.20. The van der Waals surface area contributed by atoms with Gasteiger partial charge in [0.1, 0.15) is 16.8 Å². The van der Waals surface area contributed by atoms with Gasteiger partial charge in [0, 0.05) is 0 Å². The molecule has 1 aromatic rings. The van der Waals surface area contributed by atoms with Gasteiger partial charge in [0.2, 0.25) is 5.88 Å². The first-order valence-corrected chi connectivity index (χ1v) is 6.53. The molecule has 0 bridgehead atoms. The summed E-state index contributed by atoms with van der Waals surface area (Å²) in [5.41, 5.74) is 0.849. The molecule has 1 aromatic heterocycles. The summed E-state index contributed by atoms with van der Waals surface area (Å²) in [5, 5.41) is 0. The van der Waals surface area contributed by atoms with Gasteiger partial charge in [0.05, 0.1) is 29.3 Å². The highest BCUT2D eigenvalue weighted by Crippen LogP contribution is 2.19. The summed E-state index contributed by atoms with van der Waals surface area (Å²) in [7, 11) is 0.0396. The van der Waals surface area contributed by atoms with Crippen molar-refractivity contribution in [2.75, 3.05) is 7.11 Å². The van der Waals surface area contributed by atoms with E-state index in [1.807, 2.05) is 20.8 Å². The van der Waals surface area contributed by atoms with Crippen LogP contribution >= 0.6 is 0 Å². The maximum atomic E-state index is 13.2. The Kier molecular flexibility index (Phi) is 4.56. The molecule has 4 nitrogen and oxygen atoms in total. The molecule has 1 heterocycles. The topological polar surface area (TPSA) is 51.6 Å². The molecule has 100 valence electrons. The second-order valence-electron chi connectivity index (χ2n) is 4.75. The molecule has 6 heteroatoms. The van der Waals surface area contributed by atoms with E-state index >= 15 is 0 Å². The van der Waals surface area contributed by atoms with Crippen LogP contribution in [0.15, 0.2) is 16.7 Å². The number of ether oxygens (including phenoxy) is 1. The van der Waals surface area contributed by atoms with Crippen LogP contribution < -0.4 is 4.74 Å². The smallest absolute Gasteiger partial charge is 0.222 e. The third-order valence-corrected chi connectivity index (χ3v) is 3.63.